The van der Waals surface area contributed by atoms with E-state index in [1.165, 1.54) is 93.3 Å². The second-order valence-corrected chi connectivity index (χ2v) is 8.22. The smallest absolute Gasteiger partial charge is 0.345 e. The number of unbranched alkanes of at least 4 members (excludes halogenated alkanes) is 8. The molecule has 3 heteroatoms. The largest absolute Gasteiger partial charge is 0.477 e. The van der Waals surface area contributed by atoms with Crippen molar-refractivity contribution in [3.05, 3.63) is 21.9 Å². The molecule has 1 rings (SSSR count). The van der Waals surface area contributed by atoms with Crippen molar-refractivity contribution >= 4 is 17.3 Å². The van der Waals surface area contributed by atoms with Gasteiger partial charge in [-0.05, 0) is 24.5 Å². The van der Waals surface area contributed by atoms with Gasteiger partial charge in [0.05, 0.1) is 0 Å². The monoisotopic (exact) mass is 352 g/mol. The van der Waals surface area contributed by atoms with E-state index in [2.05, 4.69) is 13.8 Å². The summed E-state index contributed by atoms with van der Waals surface area (Å²) in [5, 5.41) is 9.09. The fraction of sp³-hybridized carbons (Fsp3) is 0.762. The van der Waals surface area contributed by atoms with Gasteiger partial charge in [0.15, 0.2) is 0 Å². The number of rotatable bonds is 15. The van der Waals surface area contributed by atoms with Gasteiger partial charge in [0.25, 0.3) is 0 Å². The van der Waals surface area contributed by atoms with E-state index < -0.39 is 5.97 Å². The second-order valence-electron chi connectivity index (χ2n) is 7.05. The summed E-state index contributed by atoms with van der Waals surface area (Å²) in [6.45, 7) is 4.52. The minimum atomic E-state index is -0.790. The topological polar surface area (TPSA) is 37.3 Å². The Balaban J connectivity index is 2.39. The summed E-state index contributed by atoms with van der Waals surface area (Å²) in [5.41, 5.74) is 0. The van der Waals surface area contributed by atoms with Crippen LogP contribution in [-0.4, -0.2) is 11.1 Å². The summed E-state index contributed by atoms with van der Waals surface area (Å²) in [4.78, 5) is 12.8. The standard InChI is InChI=1S/C21H36O2S/c1-3-5-7-9-10-12-14-18(13-11-8-6-4-2)17-19-15-16-20(24-19)21(22)23/h15-16,18H,3-14,17H2,1-2H3,(H,22,23). The summed E-state index contributed by atoms with van der Waals surface area (Å²) in [7, 11) is 0. The van der Waals surface area contributed by atoms with Crippen molar-refractivity contribution in [1.29, 1.82) is 0 Å². The highest BCUT2D eigenvalue weighted by Gasteiger charge is 2.13. The zero-order valence-electron chi connectivity index (χ0n) is 15.7. The van der Waals surface area contributed by atoms with Crippen molar-refractivity contribution in [2.24, 2.45) is 5.92 Å². The molecule has 1 atom stereocenters. The average molecular weight is 353 g/mol. The highest BCUT2D eigenvalue weighted by molar-refractivity contribution is 7.13. The van der Waals surface area contributed by atoms with Crippen molar-refractivity contribution in [3.8, 4) is 0 Å². The first kappa shape index (κ1) is 21.2. The molecule has 0 spiro atoms. The molecule has 2 nitrogen and oxygen atoms in total. The summed E-state index contributed by atoms with van der Waals surface area (Å²) >= 11 is 1.46. The minimum Gasteiger partial charge on any atom is -0.477 e. The fourth-order valence-electron chi connectivity index (χ4n) is 3.31. The van der Waals surface area contributed by atoms with Crippen LogP contribution in [0.4, 0.5) is 0 Å². The van der Waals surface area contributed by atoms with E-state index in [0.29, 0.717) is 4.88 Å². The number of hydrogen-bond acceptors (Lipinski definition) is 2. The average Bonchev–Trinajstić information content (AvgIpc) is 3.03. The molecule has 1 heterocycles. The van der Waals surface area contributed by atoms with Crippen molar-refractivity contribution in [3.63, 3.8) is 0 Å². The Hall–Kier alpha value is -0.830. The summed E-state index contributed by atoms with van der Waals surface area (Å²) in [6, 6.07) is 3.79. The van der Waals surface area contributed by atoms with Gasteiger partial charge in [-0.15, -0.1) is 11.3 Å². The second kappa shape index (κ2) is 13.5. The molecule has 0 fully saturated rings. The molecule has 0 aliphatic heterocycles. The van der Waals surface area contributed by atoms with Gasteiger partial charge >= 0.3 is 5.97 Å². The molecule has 1 aromatic heterocycles. The molecule has 0 aliphatic carbocycles. The van der Waals surface area contributed by atoms with Gasteiger partial charge in [0.2, 0.25) is 0 Å². The fourth-order valence-corrected chi connectivity index (χ4v) is 4.27. The number of carboxylic acid groups (broad SMARTS) is 1. The number of aromatic carboxylic acids is 1. The third-order valence-electron chi connectivity index (χ3n) is 4.79. The number of carboxylic acids is 1. The molecule has 0 aliphatic rings. The molecule has 24 heavy (non-hydrogen) atoms. The Morgan fingerprint density at radius 1 is 0.917 bits per heavy atom. The lowest BCUT2D eigenvalue weighted by molar-refractivity contribution is 0.0702. The molecule has 0 saturated heterocycles. The van der Waals surface area contributed by atoms with Crippen LogP contribution in [0.5, 0.6) is 0 Å². The molecule has 1 unspecified atom stereocenters. The maximum Gasteiger partial charge on any atom is 0.345 e. The lowest BCUT2D eigenvalue weighted by Crippen LogP contribution is -2.04. The van der Waals surface area contributed by atoms with Crippen LogP contribution in [0.3, 0.4) is 0 Å². The Labute approximate surface area is 152 Å². The van der Waals surface area contributed by atoms with Gasteiger partial charge in [-0.2, -0.15) is 0 Å². The molecule has 1 N–H and O–H groups in total. The van der Waals surface area contributed by atoms with E-state index in [9.17, 15) is 4.79 Å². The van der Waals surface area contributed by atoms with Gasteiger partial charge < -0.3 is 5.11 Å². The quantitative estimate of drug-likeness (QED) is 0.336. The number of carbonyl (C=O) groups is 1. The van der Waals surface area contributed by atoms with Crippen LogP contribution < -0.4 is 0 Å². The van der Waals surface area contributed by atoms with E-state index in [1.807, 2.05) is 6.07 Å². The predicted octanol–water partition coefficient (Wildman–Crippen LogP) is 7.33. The van der Waals surface area contributed by atoms with E-state index in [-0.39, 0.29) is 0 Å². The molecule has 138 valence electrons. The maximum absolute atomic E-state index is 11.1. The van der Waals surface area contributed by atoms with Gasteiger partial charge in [-0.1, -0.05) is 90.9 Å². The lowest BCUT2D eigenvalue weighted by Gasteiger charge is -2.16. The van der Waals surface area contributed by atoms with Gasteiger partial charge in [-0.25, -0.2) is 4.79 Å². The zero-order chi connectivity index (χ0) is 17.6. The maximum atomic E-state index is 11.1. The van der Waals surface area contributed by atoms with E-state index in [0.717, 1.165) is 12.3 Å². The van der Waals surface area contributed by atoms with Gasteiger partial charge in [0, 0.05) is 4.88 Å². The van der Waals surface area contributed by atoms with Crippen molar-refractivity contribution < 1.29 is 9.90 Å². The van der Waals surface area contributed by atoms with Gasteiger partial charge in [-0.3, -0.25) is 0 Å². The van der Waals surface area contributed by atoms with E-state index in [4.69, 9.17) is 5.11 Å². The molecule has 0 amide bonds. The predicted molar refractivity (Wildman–Crippen MR) is 105 cm³/mol. The van der Waals surface area contributed by atoms with Crippen LogP contribution in [-0.2, 0) is 6.42 Å². The van der Waals surface area contributed by atoms with Crippen LogP contribution in [0.2, 0.25) is 0 Å². The molecule has 0 bridgehead atoms. The zero-order valence-corrected chi connectivity index (χ0v) is 16.5. The molecule has 0 saturated carbocycles. The number of hydrogen-bond donors (Lipinski definition) is 1. The van der Waals surface area contributed by atoms with Crippen LogP contribution in [0, 0.1) is 5.92 Å². The van der Waals surface area contributed by atoms with Gasteiger partial charge in [0.1, 0.15) is 4.88 Å². The van der Waals surface area contributed by atoms with Crippen molar-refractivity contribution in [2.75, 3.05) is 0 Å². The van der Waals surface area contributed by atoms with Crippen LogP contribution >= 0.6 is 11.3 Å². The highest BCUT2D eigenvalue weighted by Crippen LogP contribution is 2.26. The summed E-state index contributed by atoms with van der Waals surface area (Å²) in [5.74, 6) is -0.0602. The molecular weight excluding hydrogens is 316 g/mol. The molecule has 0 aromatic carbocycles. The van der Waals surface area contributed by atoms with Crippen LogP contribution in [0.25, 0.3) is 0 Å². The Morgan fingerprint density at radius 3 is 2.00 bits per heavy atom. The molecular formula is C21H36O2S. The number of thiophene rings is 1. The van der Waals surface area contributed by atoms with E-state index >= 15 is 0 Å². The Bertz CT molecular complexity index is 439. The van der Waals surface area contributed by atoms with Crippen LogP contribution in [0.15, 0.2) is 12.1 Å². The minimum absolute atomic E-state index is 0.481. The van der Waals surface area contributed by atoms with E-state index in [1.54, 1.807) is 6.07 Å². The van der Waals surface area contributed by atoms with Crippen molar-refractivity contribution in [1.82, 2.24) is 0 Å². The first-order valence-corrected chi connectivity index (χ1v) is 10.8. The summed E-state index contributed by atoms with van der Waals surface area (Å²) in [6.07, 6.45) is 17.1. The normalized spacial score (nSPS) is 12.4. The van der Waals surface area contributed by atoms with Crippen LogP contribution in [0.1, 0.15) is 105 Å². The first-order chi connectivity index (χ1) is 11.7. The SMILES string of the molecule is CCCCCCCCC(CCCCCC)Cc1ccc(C(=O)O)s1. The lowest BCUT2D eigenvalue weighted by atomic mass is 9.91. The summed E-state index contributed by atoms with van der Waals surface area (Å²) < 4.78 is 0. The molecule has 1 aromatic rings. The third-order valence-corrected chi connectivity index (χ3v) is 5.89. The Morgan fingerprint density at radius 2 is 1.46 bits per heavy atom. The van der Waals surface area contributed by atoms with Crippen molar-refractivity contribution in [2.45, 2.75) is 97.3 Å². The Kier molecular flexibility index (Phi) is 11.9. The first-order valence-electron chi connectivity index (χ1n) is 9.99. The third kappa shape index (κ3) is 9.46. The molecule has 0 radical (unpaired) electrons. The highest BCUT2D eigenvalue weighted by atomic mass is 32.1.